The third kappa shape index (κ3) is 2.59. The topological polar surface area (TPSA) is 44.4 Å². The zero-order chi connectivity index (χ0) is 15.8. The molecule has 0 radical (unpaired) electrons. The average molecular weight is 307 g/mol. The van der Waals surface area contributed by atoms with Crippen LogP contribution >= 0.6 is 0 Å². The number of anilines is 2. The minimum absolute atomic E-state index is 0.0921. The van der Waals surface area contributed by atoms with E-state index in [4.69, 9.17) is 0 Å². The average Bonchev–Trinajstić information content (AvgIpc) is 2.96. The molecule has 1 saturated heterocycles. The van der Waals surface area contributed by atoms with Gasteiger partial charge in [0.2, 0.25) is 5.91 Å². The number of fused-ring (bicyclic) bond motifs is 1. The van der Waals surface area contributed by atoms with Crippen LogP contribution in [0.15, 0.2) is 42.5 Å². The maximum Gasteiger partial charge on any atom is 0.228 e. The molecule has 2 aliphatic heterocycles. The fourth-order valence-corrected chi connectivity index (χ4v) is 3.55. The number of rotatable bonds is 2. The molecule has 2 aliphatic rings. The highest BCUT2D eigenvalue weighted by Crippen LogP contribution is 2.38. The van der Waals surface area contributed by atoms with Crippen molar-refractivity contribution in [3.63, 3.8) is 0 Å². The van der Waals surface area contributed by atoms with Crippen LogP contribution in [-0.4, -0.2) is 25.5 Å². The van der Waals surface area contributed by atoms with E-state index in [0.29, 0.717) is 6.42 Å². The summed E-state index contributed by atoms with van der Waals surface area (Å²) in [6.45, 7) is 4.92. The predicted octanol–water partition coefficient (Wildman–Crippen LogP) is 2.64. The van der Waals surface area contributed by atoms with Crippen LogP contribution in [0.3, 0.4) is 0 Å². The van der Waals surface area contributed by atoms with Gasteiger partial charge in [0.15, 0.2) is 0 Å². The summed E-state index contributed by atoms with van der Waals surface area (Å²) in [5.41, 5.74) is 5.83. The van der Waals surface area contributed by atoms with Crippen molar-refractivity contribution < 1.29 is 4.79 Å². The highest BCUT2D eigenvalue weighted by Gasteiger charge is 2.29. The van der Waals surface area contributed by atoms with Crippen LogP contribution in [-0.2, 0) is 11.2 Å². The van der Waals surface area contributed by atoms with Crippen molar-refractivity contribution in [2.75, 3.05) is 29.9 Å². The lowest BCUT2D eigenvalue weighted by Gasteiger charge is -2.39. The maximum atomic E-state index is 11.8. The zero-order valence-corrected chi connectivity index (χ0v) is 13.3. The molecule has 1 amide bonds. The fraction of sp³-hybridized carbons (Fsp3) is 0.316. The quantitative estimate of drug-likeness (QED) is 0.896. The van der Waals surface area contributed by atoms with Gasteiger partial charge in [-0.1, -0.05) is 42.0 Å². The number of aryl methyl sites for hydroxylation is 1. The number of nitrogens with zero attached hydrogens (tertiary/aromatic N) is 1. The summed E-state index contributed by atoms with van der Waals surface area (Å²) in [7, 11) is 0. The Morgan fingerprint density at radius 2 is 1.96 bits per heavy atom. The Kier molecular flexibility index (Phi) is 3.54. The van der Waals surface area contributed by atoms with E-state index in [1.165, 1.54) is 11.1 Å². The second kappa shape index (κ2) is 5.70. The molecule has 2 N–H and O–H groups in total. The van der Waals surface area contributed by atoms with Crippen LogP contribution in [0.4, 0.5) is 11.4 Å². The molecular formula is C19H21N3O. The van der Waals surface area contributed by atoms with Gasteiger partial charge in [-0.05, 0) is 24.1 Å². The molecule has 4 nitrogen and oxygen atoms in total. The summed E-state index contributed by atoms with van der Waals surface area (Å²) < 4.78 is 0. The largest absolute Gasteiger partial charge is 0.360 e. The highest BCUT2D eigenvalue weighted by molar-refractivity contribution is 6.03. The van der Waals surface area contributed by atoms with Gasteiger partial charge in [-0.3, -0.25) is 4.79 Å². The van der Waals surface area contributed by atoms with Crippen molar-refractivity contribution in [2.45, 2.75) is 19.4 Å². The van der Waals surface area contributed by atoms with Crippen LogP contribution in [0.5, 0.6) is 0 Å². The summed E-state index contributed by atoms with van der Waals surface area (Å²) in [4.78, 5) is 14.2. The van der Waals surface area contributed by atoms with Gasteiger partial charge in [-0.25, -0.2) is 0 Å². The number of amides is 1. The number of carbonyl (C=O) groups is 1. The summed E-state index contributed by atoms with van der Waals surface area (Å²) in [6, 6.07) is 15.3. The molecule has 2 heterocycles. The number of hydrogen-bond acceptors (Lipinski definition) is 3. The fourth-order valence-electron chi connectivity index (χ4n) is 3.55. The lowest BCUT2D eigenvalue weighted by atomic mass is 10.00. The molecular weight excluding hydrogens is 286 g/mol. The number of piperazine rings is 1. The van der Waals surface area contributed by atoms with Crippen molar-refractivity contribution in [3.8, 4) is 0 Å². The van der Waals surface area contributed by atoms with Gasteiger partial charge < -0.3 is 15.5 Å². The molecule has 23 heavy (non-hydrogen) atoms. The Bertz CT molecular complexity index is 739. The zero-order valence-electron chi connectivity index (χ0n) is 13.3. The minimum Gasteiger partial charge on any atom is -0.360 e. The first-order chi connectivity index (χ1) is 11.2. The minimum atomic E-state index is 0.0921. The molecule has 2 aromatic rings. The molecule has 1 fully saturated rings. The van der Waals surface area contributed by atoms with Gasteiger partial charge in [-0.2, -0.15) is 0 Å². The molecule has 4 heteroatoms. The standard InChI is InChI=1S/C19H21N3O/c1-13-5-7-14(8-6-13)17-12-20-9-10-22(17)16-4-2-3-15-11-18(23)21-19(15)16/h2-8,17,20H,9-12H2,1H3,(H,21,23). The van der Waals surface area contributed by atoms with Gasteiger partial charge in [0.1, 0.15) is 0 Å². The van der Waals surface area contributed by atoms with Gasteiger partial charge in [-0.15, -0.1) is 0 Å². The monoisotopic (exact) mass is 307 g/mol. The van der Waals surface area contributed by atoms with Gasteiger partial charge in [0.05, 0.1) is 23.8 Å². The lowest BCUT2D eigenvalue weighted by molar-refractivity contribution is -0.115. The smallest absolute Gasteiger partial charge is 0.228 e. The summed E-state index contributed by atoms with van der Waals surface area (Å²) in [6.07, 6.45) is 0.491. The summed E-state index contributed by atoms with van der Waals surface area (Å²) in [5, 5.41) is 6.54. The second-order valence-corrected chi connectivity index (χ2v) is 6.36. The second-order valence-electron chi connectivity index (χ2n) is 6.36. The van der Waals surface area contributed by atoms with E-state index in [2.05, 4.69) is 58.9 Å². The molecule has 0 aromatic heterocycles. The third-order valence-corrected chi connectivity index (χ3v) is 4.76. The van der Waals surface area contributed by atoms with E-state index in [0.717, 1.165) is 36.6 Å². The van der Waals surface area contributed by atoms with Crippen molar-refractivity contribution in [2.24, 2.45) is 0 Å². The number of nitrogens with one attached hydrogen (secondary N) is 2. The van der Waals surface area contributed by atoms with Crippen molar-refractivity contribution in [1.82, 2.24) is 5.32 Å². The Morgan fingerprint density at radius 3 is 2.78 bits per heavy atom. The third-order valence-electron chi connectivity index (χ3n) is 4.76. The van der Waals surface area contributed by atoms with E-state index in [1.54, 1.807) is 0 Å². The van der Waals surface area contributed by atoms with Crippen LogP contribution in [0.1, 0.15) is 22.7 Å². The van der Waals surface area contributed by atoms with Gasteiger partial charge >= 0.3 is 0 Å². The van der Waals surface area contributed by atoms with E-state index < -0.39 is 0 Å². The molecule has 4 rings (SSSR count). The SMILES string of the molecule is Cc1ccc(C2CNCCN2c2cccc3c2NC(=O)C3)cc1. The predicted molar refractivity (Wildman–Crippen MR) is 92.9 cm³/mol. The normalized spacial score (nSPS) is 20.3. The van der Waals surface area contributed by atoms with E-state index in [1.807, 2.05) is 6.07 Å². The Labute approximate surface area is 136 Å². The first-order valence-electron chi connectivity index (χ1n) is 8.18. The molecule has 118 valence electrons. The molecule has 1 unspecified atom stereocenters. The molecule has 2 aromatic carbocycles. The van der Waals surface area contributed by atoms with Gasteiger partial charge in [0.25, 0.3) is 0 Å². The van der Waals surface area contributed by atoms with E-state index in [-0.39, 0.29) is 11.9 Å². The van der Waals surface area contributed by atoms with Gasteiger partial charge in [0, 0.05) is 19.6 Å². The molecule has 0 saturated carbocycles. The molecule has 1 atom stereocenters. The Morgan fingerprint density at radius 1 is 1.13 bits per heavy atom. The number of hydrogen-bond donors (Lipinski definition) is 2. The summed E-state index contributed by atoms with van der Waals surface area (Å²) in [5.74, 6) is 0.0921. The molecule has 0 bridgehead atoms. The number of para-hydroxylation sites is 1. The van der Waals surface area contributed by atoms with E-state index >= 15 is 0 Å². The van der Waals surface area contributed by atoms with E-state index in [9.17, 15) is 4.79 Å². The Hall–Kier alpha value is -2.33. The highest BCUT2D eigenvalue weighted by atomic mass is 16.1. The summed E-state index contributed by atoms with van der Waals surface area (Å²) >= 11 is 0. The van der Waals surface area contributed by atoms with Crippen LogP contribution < -0.4 is 15.5 Å². The number of carbonyl (C=O) groups excluding carboxylic acids is 1. The van der Waals surface area contributed by atoms with Crippen LogP contribution in [0.2, 0.25) is 0 Å². The molecule has 0 aliphatic carbocycles. The maximum absolute atomic E-state index is 11.8. The molecule has 0 spiro atoms. The van der Waals surface area contributed by atoms with Crippen LogP contribution in [0, 0.1) is 6.92 Å². The first-order valence-corrected chi connectivity index (χ1v) is 8.18. The van der Waals surface area contributed by atoms with Crippen molar-refractivity contribution >= 4 is 17.3 Å². The van der Waals surface area contributed by atoms with Crippen molar-refractivity contribution in [1.29, 1.82) is 0 Å². The number of benzene rings is 2. The Balaban J connectivity index is 1.73. The van der Waals surface area contributed by atoms with Crippen molar-refractivity contribution in [3.05, 3.63) is 59.2 Å². The van der Waals surface area contributed by atoms with Crippen LogP contribution in [0.25, 0.3) is 0 Å². The first kappa shape index (κ1) is 14.3. The lowest BCUT2D eigenvalue weighted by Crippen LogP contribution is -2.46.